The van der Waals surface area contributed by atoms with Gasteiger partial charge in [-0.15, -0.1) is 0 Å². The number of hydrogen-bond acceptors (Lipinski definition) is 3. The van der Waals surface area contributed by atoms with Crippen LogP contribution in [0, 0.1) is 11.7 Å². The van der Waals surface area contributed by atoms with Crippen LogP contribution < -0.4 is 10.2 Å². The number of anilines is 1. The molecule has 1 aliphatic heterocycles. The van der Waals surface area contributed by atoms with Gasteiger partial charge in [0.15, 0.2) is 0 Å². The summed E-state index contributed by atoms with van der Waals surface area (Å²) in [5.74, 6) is -1.13. The number of halogens is 1. The van der Waals surface area contributed by atoms with Crippen LogP contribution in [0.3, 0.4) is 0 Å². The van der Waals surface area contributed by atoms with Crippen molar-refractivity contribution < 1.29 is 14.0 Å². The molecule has 1 N–H and O–H groups in total. The summed E-state index contributed by atoms with van der Waals surface area (Å²) in [6.07, 6.45) is 0.136. The van der Waals surface area contributed by atoms with Crippen molar-refractivity contribution in [1.29, 1.82) is 0 Å². The summed E-state index contributed by atoms with van der Waals surface area (Å²) in [6, 6.07) is 6.13. The Hall–Kier alpha value is -1.95. The Labute approximate surface area is 123 Å². The van der Waals surface area contributed by atoms with E-state index in [0.717, 1.165) is 0 Å². The van der Waals surface area contributed by atoms with Crippen molar-refractivity contribution in [2.75, 3.05) is 38.6 Å². The molecule has 114 valence electrons. The number of para-hydroxylation sites is 1. The molecular formula is C15H20FN3O2. The smallest absolute Gasteiger partial charge is 0.227 e. The second-order valence-corrected chi connectivity index (χ2v) is 5.22. The largest absolute Gasteiger partial charge is 0.344 e. The van der Waals surface area contributed by atoms with Crippen molar-refractivity contribution in [1.82, 2.24) is 10.2 Å². The van der Waals surface area contributed by atoms with Gasteiger partial charge in [-0.2, -0.15) is 0 Å². The molecule has 1 aromatic rings. The van der Waals surface area contributed by atoms with Gasteiger partial charge in [-0.05, 0) is 19.2 Å². The van der Waals surface area contributed by atoms with Gasteiger partial charge in [-0.3, -0.25) is 9.59 Å². The fraction of sp³-hybridized carbons (Fsp3) is 0.467. The molecular weight excluding hydrogens is 273 g/mol. The first-order valence-corrected chi connectivity index (χ1v) is 6.99. The molecule has 2 rings (SSSR count). The standard InChI is InChI=1S/C15H20FN3O2/c1-17-7-8-18(2)15(21)11-9-14(20)19(10-11)13-6-4-3-5-12(13)16/h3-6,11,17H,7-10H2,1-2H3. The molecule has 0 aliphatic carbocycles. The third-order valence-corrected chi connectivity index (χ3v) is 3.69. The Kier molecular flexibility index (Phi) is 4.90. The SMILES string of the molecule is CNCCN(C)C(=O)C1CC(=O)N(c2ccccc2F)C1. The van der Waals surface area contributed by atoms with Crippen molar-refractivity contribution >= 4 is 17.5 Å². The lowest BCUT2D eigenvalue weighted by molar-refractivity contribution is -0.134. The average molecular weight is 293 g/mol. The van der Waals surface area contributed by atoms with Crippen molar-refractivity contribution in [3.63, 3.8) is 0 Å². The van der Waals surface area contributed by atoms with E-state index < -0.39 is 11.7 Å². The normalized spacial score (nSPS) is 18.1. The van der Waals surface area contributed by atoms with E-state index in [2.05, 4.69) is 5.32 Å². The van der Waals surface area contributed by atoms with Gasteiger partial charge in [0.2, 0.25) is 11.8 Å². The van der Waals surface area contributed by atoms with Gasteiger partial charge in [0, 0.05) is 33.1 Å². The average Bonchev–Trinajstić information content (AvgIpc) is 2.86. The Morgan fingerprint density at radius 2 is 2.19 bits per heavy atom. The van der Waals surface area contributed by atoms with Gasteiger partial charge in [0.1, 0.15) is 5.82 Å². The molecule has 0 radical (unpaired) electrons. The van der Waals surface area contributed by atoms with Crippen LogP contribution in [-0.4, -0.2) is 50.4 Å². The molecule has 1 unspecified atom stereocenters. The van der Waals surface area contributed by atoms with Crippen LogP contribution in [0.1, 0.15) is 6.42 Å². The summed E-state index contributed by atoms with van der Waals surface area (Å²) in [5, 5.41) is 2.97. The Balaban J connectivity index is 2.06. The zero-order valence-electron chi connectivity index (χ0n) is 12.3. The van der Waals surface area contributed by atoms with E-state index in [0.29, 0.717) is 13.1 Å². The van der Waals surface area contributed by atoms with E-state index in [-0.39, 0.29) is 30.5 Å². The highest BCUT2D eigenvalue weighted by Crippen LogP contribution is 2.27. The predicted octanol–water partition coefficient (Wildman–Crippen LogP) is 0.856. The minimum Gasteiger partial charge on any atom is -0.344 e. The molecule has 1 aromatic carbocycles. The summed E-state index contributed by atoms with van der Waals surface area (Å²) in [4.78, 5) is 27.3. The number of amides is 2. The minimum absolute atomic E-state index is 0.0718. The number of nitrogens with one attached hydrogen (secondary N) is 1. The lowest BCUT2D eigenvalue weighted by atomic mass is 10.1. The molecule has 6 heteroatoms. The van der Waals surface area contributed by atoms with Gasteiger partial charge in [-0.25, -0.2) is 4.39 Å². The number of nitrogens with zero attached hydrogens (tertiary/aromatic N) is 2. The molecule has 1 aliphatic rings. The van der Waals surface area contributed by atoms with Crippen LogP contribution >= 0.6 is 0 Å². The zero-order valence-corrected chi connectivity index (χ0v) is 12.3. The zero-order chi connectivity index (χ0) is 15.4. The molecule has 0 aromatic heterocycles. The van der Waals surface area contributed by atoms with Crippen molar-refractivity contribution in [2.45, 2.75) is 6.42 Å². The fourth-order valence-corrected chi connectivity index (χ4v) is 2.48. The summed E-state index contributed by atoms with van der Waals surface area (Å²) < 4.78 is 13.8. The maximum atomic E-state index is 13.8. The highest BCUT2D eigenvalue weighted by Gasteiger charge is 2.37. The van der Waals surface area contributed by atoms with Crippen molar-refractivity contribution in [3.05, 3.63) is 30.1 Å². The van der Waals surface area contributed by atoms with E-state index in [4.69, 9.17) is 0 Å². The molecule has 0 spiro atoms. The molecule has 2 amide bonds. The van der Waals surface area contributed by atoms with Crippen LogP contribution in [0.4, 0.5) is 10.1 Å². The molecule has 5 nitrogen and oxygen atoms in total. The first-order chi connectivity index (χ1) is 10.0. The van der Waals surface area contributed by atoms with E-state index in [1.165, 1.54) is 11.0 Å². The van der Waals surface area contributed by atoms with E-state index in [1.807, 2.05) is 7.05 Å². The summed E-state index contributed by atoms with van der Waals surface area (Å²) in [6.45, 7) is 1.52. The summed E-state index contributed by atoms with van der Waals surface area (Å²) >= 11 is 0. The first-order valence-electron chi connectivity index (χ1n) is 6.99. The number of benzene rings is 1. The van der Waals surface area contributed by atoms with Gasteiger partial charge in [-0.1, -0.05) is 12.1 Å². The first kappa shape index (κ1) is 15.4. The van der Waals surface area contributed by atoms with E-state index >= 15 is 0 Å². The quantitative estimate of drug-likeness (QED) is 0.876. The van der Waals surface area contributed by atoms with Gasteiger partial charge < -0.3 is 15.1 Å². The monoisotopic (exact) mass is 293 g/mol. The molecule has 0 bridgehead atoms. The summed E-state index contributed by atoms with van der Waals surface area (Å²) in [5.41, 5.74) is 0.246. The molecule has 1 fully saturated rings. The fourth-order valence-electron chi connectivity index (χ4n) is 2.48. The van der Waals surface area contributed by atoms with Gasteiger partial charge in [0.25, 0.3) is 0 Å². The van der Waals surface area contributed by atoms with E-state index in [1.54, 1.807) is 30.1 Å². The van der Waals surface area contributed by atoms with Gasteiger partial charge >= 0.3 is 0 Å². The van der Waals surface area contributed by atoms with Crippen LogP contribution in [0.2, 0.25) is 0 Å². The third kappa shape index (κ3) is 3.39. The maximum Gasteiger partial charge on any atom is 0.227 e. The number of likely N-dealkylation sites (N-methyl/N-ethyl adjacent to an activating group) is 2. The van der Waals surface area contributed by atoms with Crippen LogP contribution in [0.25, 0.3) is 0 Å². The van der Waals surface area contributed by atoms with Gasteiger partial charge in [0.05, 0.1) is 11.6 Å². The van der Waals surface area contributed by atoms with E-state index in [9.17, 15) is 14.0 Å². The number of carbonyl (C=O) groups excluding carboxylic acids is 2. The van der Waals surface area contributed by atoms with Crippen molar-refractivity contribution in [3.8, 4) is 0 Å². The highest BCUT2D eigenvalue weighted by atomic mass is 19.1. The van der Waals surface area contributed by atoms with Crippen LogP contribution in [0.5, 0.6) is 0 Å². The third-order valence-electron chi connectivity index (χ3n) is 3.69. The summed E-state index contributed by atoms with van der Waals surface area (Å²) in [7, 11) is 3.53. The van der Waals surface area contributed by atoms with Crippen LogP contribution in [0.15, 0.2) is 24.3 Å². The number of rotatable bonds is 5. The minimum atomic E-state index is -0.442. The second-order valence-electron chi connectivity index (χ2n) is 5.22. The molecule has 1 heterocycles. The topological polar surface area (TPSA) is 52.7 Å². The maximum absolute atomic E-state index is 13.8. The molecule has 1 saturated heterocycles. The highest BCUT2D eigenvalue weighted by molar-refractivity contribution is 6.00. The Morgan fingerprint density at radius 3 is 2.86 bits per heavy atom. The Bertz CT molecular complexity index is 535. The molecule has 1 atom stereocenters. The second kappa shape index (κ2) is 6.67. The number of carbonyl (C=O) groups is 2. The lowest BCUT2D eigenvalue weighted by Gasteiger charge is -2.21. The Morgan fingerprint density at radius 1 is 1.48 bits per heavy atom. The number of hydrogen-bond donors (Lipinski definition) is 1. The van der Waals surface area contributed by atoms with Crippen molar-refractivity contribution in [2.24, 2.45) is 5.92 Å². The molecule has 0 saturated carbocycles. The molecule has 21 heavy (non-hydrogen) atoms. The predicted molar refractivity (Wildman–Crippen MR) is 78.4 cm³/mol. The lowest BCUT2D eigenvalue weighted by Crippen LogP contribution is -2.38. The van der Waals surface area contributed by atoms with Crippen LogP contribution in [-0.2, 0) is 9.59 Å².